The molecular formula is C14H30N2. The molecule has 0 bridgehead atoms. The van der Waals surface area contributed by atoms with Crippen LogP contribution in [0.25, 0.3) is 0 Å². The summed E-state index contributed by atoms with van der Waals surface area (Å²) in [5.74, 6) is 0. The summed E-state index contributed by atoms with van der Waals surface area (Å²) in [6.07, 6.45) is 9.77. The van der Waals surface area contributed by atoms with E-state index in [9.17, 15) is 0 Å². The second-order valence-electron chi connectivity index (χ2n) is 5.35. The average Bonchev–Trinajstić information content (AvgIpc) is 2.58. The van der Waals surface area contributed by atoms with Crippen molar-refractivity contribution in [1.82, 2.24) is 10.2 Å². The van der Waals surface area contributed by atoms with Crippen molar-refractivity contribution in [2.75, 3.05) is 14.1 Å². The summed E-state index contributed by atoms with van der Waals surface area (Å²) >= 11 is 0. The molecule has 0 heterocycles. The Kier molecular flexibility index (Phi) is 6.37. The lowest BCUT2D eigenvalue weighted by molar-refractivity contribution is 0.137. The molecule has 0 aromatic carbocycles. The molecule has 1 fully saturated rings. The third-order valence-electron chi connectivity index (χ3n) is 4.44. The first-order valence-electron chi connectivity index (χ1n) is 7.09. The highest BCUT2D eigenvalue weighted by Gasteiger charge is 2.24. The molecule has 0 radical (unpaired) electrons. The van der Waals surface area contributed by atoms with Crippen LogP contribution in [0.15, 0.2) is 0 Å². The van der Waals surface area contributed by atoms with Gasteiger partial charge in [-0.25, -0.2) is 0 Å². The van der Waals surface area contributed by atoms with Crippen molar-refractivity contribution >= 4 is 0 Å². The van der Waals surface area contributed by atoms with Gasteiger partial charge in [0.05, 0.1) is 0 Å². The third kappa shape index (κ3) is 3.74. The predicted octanol–water partition coefficient (Wildman–Crippen LogP) is 3.03. The second kappa shape index (κ2) is 7.29. The normalized spacial score (nSPS) is 23.1. The molecule has 0 aromatic heterocycles. The van der Waals surface area contributed by atoms with Crippen molar-refractivity contribution in [3.05, 3.63) is 0 Å². The fraction of sp³-hybridized carbons (Fsp3) is 1.00. The summed E-state index contributed by atoms with van der Waals surface area (Å²) in [6.45, 7) is 4.65. The van der Waals surface area contributed by atoms with Crippen LogP contribution in [0, 0.1) is 0 Å². The summed E-state index contributed by atoms with van der Waals surface area (Å²) in [7, 11) is 4.41. The fourth-order valence-corrected chi connectivity index (χ4v) is 3.07. The third-order valence-corrected chi connectivity index (χ3v) is 4.44. The van der Waals surface area contributed by atoms with Gasteiger partial charge in [-0.3, -0.25) is 4.90 Å². The molecule has 1 N–H and O–H groups in total. The van der Waals surface area contributed by atoms with Gasteiger partial charge in [0, 0.05) is 18.1 Å². The van der Waals surface area contributed by atoms with E-state index in [1.165, 1.54) is 44.9 Å². The molecular weight excluding hydrogens is 196 g/mol. The maximum Gasteiger partial charge on any atom is 0.0220 e. The van der Waals surface area contributed by atoms with Gasteiger partial charge in [-0.05, 0) is 40.3 Å². The van der Waals surface area contributed by atoms with Gasteiger partial charge >= 0.3 is 0 Å². The van der Waals surface area contributed by atoms with Crippen LogP contribution in [-0.4, -0.2) is 37.1 Å². The molecule has 0 amide bonds. The molecule has 0 spiro atoms. The van der Waals surface area contributed by atoms with Gasteiger partial charge in [0.2, 0.25) is 0 Å². The van der Waals surface area contributed by atoms with Gasteiger partial charge in [-0.15, -0.1) is 0 Å². The second-order valence-corrected chi connectivity index (χ2v) is 5.35. The van der Waals surface area contributed by atoms with Crippen LogP contribution in [0.2, 0.25) is 0 Å². The fourth-order valence-electron chi connectivity index (χ4n) is 3.07. The van der Waals surface area contributed by atoms with Crippen LogP contribution in [-0.2, 0) is 0 Å². The van der Waals surface area contributed by atoms with E-state index in [2.05, 4.69) is 38.2 Å². The van der Waals surface area contributed by atoms with Crippen LogP contribution in [0.3, 0.4) is 0 Å². The smallest absolute Gasteiger partial charge is 0.0220 e. The van der Waals surface area contributed by atoms with Gasteiger partial charge in [0.25, 0.3) is 0 Å². The van der Waals surface area contributed by atoms with Crippen molar-refractivity contribution < 1.29 is 0 Å². The van der Waals surface area contributed by atoms with Crippen molar-refractivity contribution in [3.63, 3.8) is 0 Å². The average molecular weight is 226 g/mol. The maximum absolute atomic E-state index is 3.45. The van der Waals surface area contributed by atoms with Gasteiger partial charge in [-0.1, -0.05) is 32.6 Å². The first-order valence-corrected chi connectivity index (χ1v) is 7.09. The van der Waals surface area contributed by atoms with E-state index < -0.39 is 0 Å². The number of likely N-dealkylation sites (N-methyl/N-ethyl adjacent to an activating group) is 2. The molecule has 2 atom stereocenters. The molecule has 2 unspecified atom stereocenters. The van der Waals surface area contributed by atoms with E-state index in [1.807, 2.05) is 0 Å². The summed E-state index contributed by atoms with van der Waals surface area (Å²) in [6, 6.07) is 2.10. The lowest BCUT2D eigenvalue weighted by Crippen LogP contribution is -2.49. The minimum atomic E-state index is 0.633. The lowest BCUT2D eigenvalue weighted by Gasteiger charge is -2.37. The Balaban J connectivity index is 2.49. The Labute approximate surface area is 102 Å². The summed E-state index contributed by atoms with van der Waals surface area (Å²) in [4.78, 5) is 2.62. The highest BCUT2D eigenvalue weighted by Crippen LogP contribution is 2.23. The number of nitrogens with zero attached hydrogens (tertiary/aromatic N) is 1. The summed E-state index contributed by atoms with van der Waals surface area (Å²) < 4.78 is 0. The molecule has 16 heavy (non-hydrogen) atoms. The van der Waals surface area contributed by atoms with Gasteiger partial charge in [-0.2, -0.15) is 0 Å². The van der Waals surface area contributed by atoms with Gasteiger partial charge in [0.15, 0.2) is 0 Å². The highest BCUT2D eigenvalue weighted by atomic mass is 15.2. The molecule has 1 aliphatic rings. The van der Waals surface area contributed by atoms with Crippen LogP contribution in [0.4, 0.5) is 0 Å². The van der Waals surface area contributed by atoms with E-state index >= 15 is 0 Å². The largest absolute Gasteiger partial charge is 0.315 e. The van der Waals surface area contributed by atoms with Crippen molar-refractivity contribution in [2.45, 2.75) is 76.9 Å². The lowest BCUT2D eigenvalue weighted by atomic mass is 10.0. The monoisotopic (exact) mass is 226 g/mol. The molecule has 1 rings (SSSR count). The molecule has 2 nitrogen and oxygen atoms in total. The zero-order chi connectivity index (χ0) is 12.0. The zero-order valence-electron chi connectivity index (χ0n) is 11.6. The predicted molar refractivity (Wildman–Crippen MR) is 71.9 cm³/mol. The molecule has 2 heteroatoms. The summed E-state index contributed by atoms with van der Waals surface area (Å²) in [5, 5.41) is 3.45. The number of hydrogen-bond donors (Lipinski definition) is 1. The van der Waals surface area contributed by atoms with Crippen molar-refractivity contribution in [3.8, 4) is 0 Å². The Morgan fingerprint density at radius 1 is 1.19 bits per heavy atom. The topological polar surface area (TPSA) is 15.3 Å². The van der Waals surface area contributed by atoms with Crippen molar-refractivity contribution in [2.24, 2.45) is 0 Å². The zero-order valence-corrected chi connectivity index (χ0v) is 11.6. The Morgan fingerprint density at radius 2 is 1.75 bits per heavy atom. The number of rotatable bonds is 5. The molecule has 1 aliphatic carbocycles. The Bertz CT molecular complexity index is 168. The van der Waals surface area contributed by atoms with Crippen LogP contribution < -0.4 is 5.32 Å². The van der Waals surface area contributed by atoms with Gasteiger partial charge < -0.3 is 5.32 Å². The van der Waals surface area contributed by atoms with E-state index in [0.717, 1.165) is 6.04 Å². The number of hydrogen-bond acceptors (Lipinski definition) is 2. The van der Waals surface area contributed by atoms with Gasteiger partial charge in [0.1, 0.15) is 0 Å². The van der Waals surface area contributed by atoms with E-state index in [0.29, 0.717) is 12.1 Å². The van der Waals surface area contributed by atoms with Crippen LogP contribution >= 0.6 is 0 Å². The molecule has 1 saturated carbocycles. The van der Waals surface area contributed by atoms with Crippen molar-refractivity contribution in [1.29, 1.82) is 0 Å². The quantitative estimate of drug-likeness (QED) is 0.725. The minimum Gasteiger partial charge on any atom is -0.315 e. The Hall–Kier alpha value is -0.0800. The van der Waals surface area contributed by atoms with Crippen LogP contribution in [0.5, 0.6) is 0 Å². The summed E-state index contributed by atoms with van der Waals surface area (Å²) in [5.41, 5.74) is 0. The van der Waals surface area contributed by atoms with Crippen LogP contribution in [0.1, 0.15) is 58.8 Å². The van der Waals surface area contributed by atoms with E-state index in [1.54, 1.807) is 0 Å². The molecule has 0 aliphatic heterocycles. The SMILES string of the molecule is CCC(NC)C(C)N(C)C1CCCCCC1. The first-order chi connectivity index (χ1) is 7.70. The number of nitrogens with one attached hydrogen (secondary N) is 1. The first kappa shape index (κ1) is 14.0. The maximum atomic E-state index is 3.45. The highest BCUT2D eigenvalue weighted by molar-refractivity contribution is 4.83. The molecule has 0 saturated heterocycles. The van der Waals surface area contributed by atoms with E-state index in [4.69, 9.17) is 0 Å². The van der Waals surface area contributed by atoms with E-state index in [-0.39, 0.29) is 0 Å². The standard InChI is InChI=1S/C14H30N2/c1-5-14(15-3)12(2)16(4)13-10-8-6-7-9-11-13/h12-15H,5-11H2,1-4H3. The Morgan fingerprint density at radius 3 is 2.19 bits per heavy atom. The molecule has 0 aromatic rings. The minimum absolute atomic E-state index is 0.633. The molecule has 96 valence electrons.